The van der Waals surface area contributed by atoms with Gasteiger partial charge in [0.15, 0.2) is 0 Å². The minimum Gasteiger partial charge on any atom is -0.507 e. The summed E-state index contributed by atoms with van der Waals surface area (Å²) in [4.78, 5) is 13.1. The highest BCUT2D eigenvalue weighted by atomic mass is 35.5. The number of anilines is 1. The number of rotatable bonds is 3. The number of phenolic OH excluding ortho intramolecular Hbond substituents is 1. The predicted octanol–water partition coefficient (Wildman–Crippen LogP) is 4.42. The van der Waals surface area contributed by atoms with Crippen molar-refractivity contribution in [2.75, 3.05) is 11.5 Å². The first-order valence-electron chi connectivity index (χ1n) is 6.76. The predicted molar refractivity (Wildman–Crippen MR) is 107 cm³/mol. The molecule has 2 aromatic carbocycles. The summed E-state index contributed by atoms with van der Waals surface area (Å²) < 4.78 is 5.28. The molecule has 0 aliphatic carbocycles. The van der Waals surface area contributed by atoms with Crippen molar-refractivity contribution in [3.8, 4) is 11.5 Å². The van der Waals surface area contributed by atoms with Gasteiger partial charge >= 0.3 is 5.97 Å². The van der Waals surface area contributed by atoms with Crippen molar-refractivity contribution in [1.29, 1.82) is 0 Å². The summed E-state index contributed by atoms with van der Waals surface area (Å²) in [5.41, 5.74) is 7.14. The molecule has 126 valence electrons. The lowest BCUT2D eigenvalue weighted by Gasteiger charge is -2.10. The standard InChI is InChI=1S/C16H13NO3S3.ClH/c17-10-3-6-13(18)12(7-10)16(19)20-11-4-1-9(2-5-11)15-14(21)8-22-23-15;/h1-7,15,18H,8,17H2;1H. The molecule has 0 spiro atoms. The van der Waals surface area contributed by atoms with Gasteiger partial charge < -0.3 is 15.6 Å². The molecule has 4 nitrogen and oxygen atoms in total. The first-order chi connectivity index (χ1) is 11.0. The molecule has 3 N–H and O–H groups in total. The highest BCUT2D eigenvalue weighted by molar-refractivity contribution is 8.78. The summed E-state index contributed by atoms with van der Waals surface area (Å²) in [6, 6.07) is 11.5. The fourth-order valence-corrected chi connectivity index (χ4v) is 5.71. The van der Waals surface area contributed by atoms with Gasteiger partial charge in [0.05, 0.1) is 5.25 Å². The average molecular weight is 400 g/mol. The molecule has 24 heavy (non-hydrogen) atoms. The van der Waals surface area contributed by atoms with Crippen LogP contribution in [0.3, 0.4) is 0 Å². The minimum absolute atomic E-state index is 0. The largest absolute Gasteiger partial charge is 0.507 e. The van der Waals surface area contributed by atoms with Gasteiger partial charge in [0.1, 0.15) is 17.1 Å². The Labute approximate surface area is 159 Å². The summed E-state index contributed by atoms with van der Waals surface area (Å²) in [6.45, 7) is 0. The van der Waals surface area contributed by atoms with Gasteiger partial charge in [0, 0.05) is 16.3 Å². The zero-order chi connectivity index (χ0) is 16.4. The number of carbonyl (C=O) groups excluding carboxylic acids is 1. The van der Waals surface area contributed by atoms with E-state index in [4.69, 9.17) is 22.7 Å². The molecule has 1 aliphatic heterocycles. The van der Waals surface area contributed by atoms with Crippen LogP contribution < -0.4 is 10.5 Å². The number of esters is 1. The van der Waals surface area contributed by atoms with Crippen LogP contribution in [0.1, 0.15) is 21.2 Å². The van der Waals surface area contributed by atoms with Gasteiger partial charge in [0.25, 0.3) is 0 Å². The Morgan fingerprint density at radius 3 is 2.58 bits per heavy atom. The molecule has 1 unspecified atom stereocenters. The van der Waals surface area contributed by atoms with E-state index in [1.54, 1.807) is 33.7 Å². The molecule has 0 bridgehead atoms. The lowest BCUT2D eigenvalue weighted by Crippen LogP contribution is -2.09. The first kappa shape index (κ1) is 18.9. The van der Waals surface area contributed by atoms with E-state index in [0.29, 0.717) is 11.4 Å². The zero-order valence-corrected chi connectivity index (χ0v) is 15.6. The third-order valence-corrected chi connectivity index (χ3v) is 6.66. The normalized spacial score (nSPS) is 16.5. The molecule has 0 amide bonds. The number of benzene rings is 2. The van der Waals surface area contributed by atoms with E-state index in [1.807, 2.05) is 12.1 Å². The molecule has 1 heterocycles. The van der Waals surface area contributed by atoms with Crippen molar-refractivity contribution in [3.63, 3.8) is 0 Å². The Morgan fingerprint density at radius 2 is 1.96 bits per heavy atom. The second-order valence-electron chi connectivity index (χ2n) is 4.94. The van der Waals surface area contributed by atoms with Crippen LogP contribution in [0.5, 0.6) is 11.5 Å². The Hall–Kier alpha value is -1.41. The van der Waals surface area contributed by atoms with E-state index in [-0.39, 0.29) is 29.0 Å². The number of phenols is 1. The lowest BCUT2D eigenvalue weighted by molar-refractivity contribution is 0.0731. The summed E-state index contributed by atoms with van der Waals surface area (Å²) in [5, 5.41) is 9.93. The van der Waals surface area contributed by atoms with Crippen LogP contribution in [0.25, 0.3) is 0 Å². The van der Waals surface area contributed by atoms with Gasteiger partial charge in [-0.15, -0.1) is 12.4 Å². The highest BCUT2D eigenvalue weighted by Crippen LogP contribution is 2.46. The molecule has 0 saturated carbocycles. The van der Waals surface area contributed by atoms with Crippen LogP contribution >= 0.6 is 46.2 Å². The van der Waals surface area contributed by atoms with Crippen LogP contribution in [0.4, 0.5) is 5.69 Å². The van der Waals surface area contributed by atoms with Gasteiger partial charge in [-0.05, 0) is 35.9 Å². The number of carbonyl (C=O) groups is 1. The van der Waals surface area contributed by atoms with Crippen LogP contribution in [0.2, 0.25) is 0 Å². The Bertz CT molecular complexity index is 768. The third-order valence-electron chi connectivity index (χ3n) is 3.29. The van der Waals surface area contributed by atoms with Crippen molar-refractivity contribution < 1.29 is 14.6 Å². The van der Waals surface area contributed by atoms with Crippen LogP contribution in [0.15, 0.2) is 42.5 Å². The minimum atomic E-state index is -0.649. The maximum atomic E-state index is 12.1. The molecule has 1 aliphatic rings. The van der Waals surface area contributed by atoms with Crippen LogP contribution in [-0.4, -0.2) is 21.7 Å². The van der Waals surface area contributed by atoms with E-state index in [0.717, 1.165) is 16.2 Å². The summed E-state index contributed by atoms with van der Waals surface area (Å²) in [7, 11) is 3.50. The summed E-state index contributed by atoms with van der Waals surface area (Å²) in [5.74, 6) is 0.479. The molecule has 1 saturated heterocycles. The smallest absolute Gasteiger partial charge is 0.347 e. The van der Waals surface area contributed by atoms with Gasteiger partial charge in [-0.25, -0.2) is 4.79 Å². The van der Waals surface area contributed by atoms with E-state index in [2.05, 4.69) is 0 Å². The molecule has 0 radical (unpaired) electrons. The van der Waals surface area contributed by atoms with Crippen molar-refractivity contribution in [3.05, 3.63) is 53.6 Å². The molecule has 1 atom stereocenters. The van der Waals surface area contributed by atoms with Crippen molar-refractivity contribution in [1.82, 2.24) is 0 Å². The summed E-state index contributed by atoms with van der Waals surface area (Å²) in [6.07, 6.45) is 0. The number of ether oxygens (including phenoxy) is 1. The quantitative estimate of drug-likeness (QED) is 0.197. The first-order valence-corrected chi connectivity index (χ1v) is 9.55. The van der Waals surface area contributed by atoms with Crippen molar-refractivity contribution in [2.45, 2.75) is 5.25 Å². The Morgan fingerprint density at radius 1 is 1.25 bits per heavy atom. The Kier molecular flexibility index (Phi) is 6.40. The van der Waals surface area contributed by atoms with E-state index in [9.17, 15) is 9.90 Å². The monoisotopic (exact) mass is 399 g/mol. The maximum absolute atomic E-state index is 12.1. The zero-order valence-electron chi connectivity index (χ0n) is 12.3. The molecular weight excluding hydrogens is 386 g/mol. The third kappa shape index (κ3) is 4.16. The van der Waals surface area contributed by atoms with Crippen molar-refractivity contribution >= 4 is 62.7 Å². The number of aromatic hydroxyl groups is 1. The molecule has 3 rings (SSSR count). The summed E-state index contributed by atoms with van der Waals surface area (Å²) >= 11 is 5.35. The Balaban J connectivity index is 0.00000208. The number of nitrogens with two attached hydrogens (primary N) is 1. The fourth-order valence-electron chi connectivity index (χ4n) is 2.12. The average Bonchev–Trinajstić information content (AvgIpc) is 2.96. The number of hydrogen-bond acceptors (Lipinski definition) is 7. The van der Waals surface area contributed by atoms with Gasteiger partial charge in [-0.2, -0.15) is 0 Å². The van der Waals surface area contributed by atoms with Gasteiger partial charge in [-0.3, -0.25) is 0 Å². The maximum Gasteiger partial charge on any atom is 0.347 e. The van der Waals surface area contributed by atoms with Crippen molar-refractivity contribution in [2.24, 2.45) is 0 Å². The van der Waals surface area contributed by atoms with Crippen LogP contribution in [0, 0.1) is 0 Å². The number of hydrogen-bond donors (Lipinski definition) is 2. The van der Waals surface area contributed by atoms with Gasteiger partial charge in [0.2, 0.25) is 0 Å². The lowest BCUT2D eigenvalue weighted by atomic mass is 10.1. The van der Waals surface area contributed by atoms with Gasteiger partial charge in [-0.1, -0.05) is 45.9 Å². The topological polar surface area (TPSA) is 72.5 Å². The SMILES string of the molecule is Cl.Nc1ccc(O)c(C(=O)Oc2ccc(C3SSCC3=S)cc2)c1. The number of halogens is 1. The molecular formula is C16H14ClNO3S3. The molecule has 2 aromatic rings. The van der Waals surface area contributed by atoms with E-state index >= 15 is 0 Å². The molecule has 1 fully saturated rings. The fraction of sp³-hybridized carbons (Fsp3) is 0.125. The molecule has 8 heteroatoms. The van der Waals surface area contributed by atoms with E-state index < -0.39 is 5.97 Å². The molecule has 0 aromatic heterocycles. The second-order valence-corrected chi connectivity index (χ2v) is 7.94. The van der Waals surface area contributed by atoms with Crippen LogP contribution in [-0.2, 0) is 0 Å². The number of thiocarbonyl (C=S) groups is 1. The van der Waals surface area contributed by atoms with E-state index in [1.165, 1.54) is 18.2 Å². The second kappa shape index (κ2) is 8.11. The number of nitrogen functional groups attached to an aromatic ring is 1. The highest BCUT2D eigenvalue weighted by Gasteiger charge is 2.24.